The number of rotatable bonds is 6. The number of hydrogen-bond donors (Lipinski definition) is 2. The SMILES string of the molecule is C=CCN(CC(=O)O)C(=O)NC(C)c1ccc(C)cc1. The number of nitrogens with zero attached hydrogens (tertiary/aromatic N) is 1. The third-order valence-corrected chi connectivity index (χ3v) is 2.88. The lowest BCUT2D eigenvalue weighted by molar-refractivity contribution is -0.137. The molecule has 0 heterocycles. The van der Waals surface area contributed by atoms with Crippen molar-refractivity contribution < 1.29 is 14.7 Å². The topological polar surface area (TPSA) is 69.6 Å². The van der Waals surface area contributed by atoms with Gasteiger partial charge in [0.15, 0.2) is 0 Å². The molecular formula is C15H20N2O3. The van der Waals surface area contributed by atoms with Crippen LogP contribution in [0.1, 0.15) is 24.1 Å². The van der Waals surface area contributed by atoms with Crippen LogP contribution in [0.5, 0.6) is 0 Å². The summed E-state index contributed by atoms with van der Waals surface area (Å²) in [6.07, 6.45) is 1.50. The number of urea groups is 1. The highest BCUT2D eigenvalue weighted by atomic mass is 16.4. The van der Waals surface area contributed by atoms with Gasteiger partial charge >= 0.3 is 12.0 Å². The van der Waals surface area contributed by atoms with Crippen molar-refractivity contribution >= 4 is 12.0 Å². The molecule has 1 aromatic carbocycles. The molecule has 1 rings (SSSR count). The second-order valence-corrected chi connectivity index (χ2v) is 4.64. The lowest BCUT2D eigenvalue weighted by Gasteiger charge is -2.22. The third kappa shape index (κ3) is 4.76. The van der Waals surface area contributed by atoms with Crippen molar-refractivity contribution in [2.45, 2.75) is 19.9 Å². The molecule has 0 fully saturated rings. The normalized spacial score (nSPS) is 11.5. The predicted molar refractivity (Wildman–Crippen MR) is 77.5 cm³/mol. The molecule has 0 aliphatic heterocycles. The Kier molecular flexibility index (Phi) is 5.77. The van der Waals surface area contributed by atoms with Crippen LogP contribution in [0.15, 0.2) is 36.9 Å². The van der Waals surface area contributed by atoms with Gasteiger partial charge in [-0.1, -0.05) is 35.9 Å². The number of aliphatic carboxylic acids is 1. The maximum atomic E-state index is 12.0. The summed E-state index contributed by atoms with van der Waals surface area (Å²) in [5.74, 6) is -1.05. The average molecular weight is 276 g/mol. The zero-order chi connectivity index (χ0) is 15.1. The molecule has 0 bridgehead atoms. The quantitative estimate of drug-likeness (QED) is 0.783. The summed E-state index contributed by atoms with van der Waals surface area (Å²) in [6.45, 7) is 7.22. The Morgan fingerprint density at radius 3 is 2.50 bits per heavy atom. The molecule has 1 unspecified atom stereocenters. The first-order valence-electron chi connectivity index (χ1n) is 6.38. The highest BCUT2D eigenvalue weighted by Gasteiger charge is 2.17. The highest BCUT2D eigenvalue weighted by Crippen LogP contribution is 2.13. The van der Waals surface area contributed by atoms with Crippen LogP contribution in [0, 0.1) is 6.92 Å². The summed E-state index contributed by atoms with van der Waals surface area (Å²) in [6, 6.07) is 7.21. The number of carbonyl (C=O) groups excluding carboxylic acids is 1. The second-order valence-electron chi connectivity index (χ2n) is 4.64. The fourth-order valence-corrected chi connectivity index (χ4v) is 1.75. The number of amides is 2. The molecule has 0 aromatic heterocycles. The van der Waals surface area contributed by atoms with Gasteiger partial charge in [0.2, 0.25) is 0 Å². The molecule has 1 aromatic rings. The monoisotopic (exact) mass is 276 g/mol. The fraction of sp³-hybridized carbons (Fsp3) is 0.333. The summed E-state index contributed by atoms with van der Waals surface area (Å²) in [4.78, 5) is 23.9. The van der Waals surface area contributed by atoms with Gasteiger partial charge in [-0.2, -0.15) is 0 Å². The van der Waals surface area contributed by atoms with Crippen LogP contribution in [0.2, 0.25) is 0 Å². The standard InChI is InChI=1S/C15H20N2O3/c1-4-9-17(10-14(18)19)15(20)16-12(3)13-7-5-11(2)6-8-13/h4-8,12H,1,9-10H2,2-3H3,(H,16,20)(H,18,19). The van der Waals surface area contributed by atoms with Crippen LogP contribution in [-0.4, -0.2) is 35.1 Å². The lowest BCUT2D eigenvalue weighted by Crippen LogP contribution is -2.43. The van der Waals surface area contributed by atoms with Crippen molar-refractivity contribution in [3.8, 4) is 0 Å². The van der Waals surface area contributed by atoms with E-state index in [2.05, 4.69) is 11.9 Å². The number of carbonyl (C=O) groups is 2. The largest absolute Gasteiger partial charge is 0.480 e. The Morgan fingerprint density at radius 1 is 1.40 bits per heavy atom. The molecule has 0 radical (unpaired) electrons. The van der Waals surface area contributed by atoms with E-state index in [1.54, 1.807) is 0 Å². The van der Waals surface area contributed by atoms with E-state index in [1.165, 1.54) is 11.0 Å². The molecule has 5 nitrogen and oxygen atoms in total. The van der Waals surface area contributed by atoms with Gasteiger partial charge in [0, 0.05) is 6.54 Å². The summed E-state index contributed by atoms with van der Waals surface area (Å²) in [7, 11) is 0. The Balaban J connectivity index is 2.69. The van der Waals surface area contributed by atoms with E-state index in [0.717, 1.165) is 11.1 Å². The first kappa shape index (κ1) is 15.8. The second kappa shape index (κ2) is 7.33. The van der Waals surface area contributed by atoms with Gasteiger partial charge in [-0.25, -0.2) is 4.79 Å². The van der Waals surface area contributed by atoms with Gasteiger partial charge in [0.25, 0.3) is 0 Å². The predicted octanol–water partition coefficient (Wildman–Crippen LogP) is 2.34. The molecule has 5 heteroatoms. The van der Waals surface area contributed by atoms with Gasteiger partial charge in [-0.05, 0) is 19.4 Å². The minimum absolute atomic E-state index is 0.191. The first-order valence-corrected chi connectivity index (χ1v) is 6.38. The van der Waals surface area contributed by atoms with Crippen LogP contribution in [0.4, 0.5) is 4.79 Å². The fourth-order valence-electron chi connectivity index (χ4n) is 1.75. The molecule has 0 aliphatic rings. The zero-order valence-corrected chi connectivity index (χ0v) is 11.8. The summed E-state index contributed by atoms with van der Waals surface area (Å²) in [5.41, 5.74) is 2.12. The summed E-state index contributed by atoms with van der Waals surface area (Å²) >= 11 is 0. The third-order valence-electron chi connectivity index (χ3n) is 2.88. The van der Waals surface area contributed by atoms with Gasteiger partial charge < -0.3 is 15.3 Å². The van der Waals surface area contributed by atoms with Gasteiger partial charge in [0.1, 0.15) is 6.54 Å². The van der Waals surface area contributed by atoms with E-state index in [0.29, 0.717) is 0 Å². The Morgan fingerprint density at radius 2 is 2.00 bits per heavy atom. The van der Waals surface area contributed by atoms with Gasteiger partial charge in [0.05, 0.1) is 6.04 Å². The van der Waals surface area contributed by atoms with Crippen molar-refractivity contribution in [3.05, 3.63) is 48.0 Å². The molecule has 108 valence electrons. The van der Waals surface area contributed by atoms with Crippen LogP contribution < -0.4 is 5.32 Å². The van der Waals surface area contributed by atoms with E-state index in [4.69, 9.17) is 5.11 Å². The first-order chi connectivity index (χ1) is 9.43. The molecule has 1 atom stereocenters. The molecule has 2 amide bonds. The van der Waals surface area contributed by atoms with Crippen molar-refractivity contribution in [2.75, 3.05) is 13.1 Å². The minimum Gasteiger partial charge on any atom is -0.480 e. The van der Waals surface area contributed by atoms with Crippen LogP contribution in [0.3, 0.4) is 0 Å². The van der Waals surface area contributed by atoms with Crippen LogP contribution >= 0.6 is 0 Å². The number of nitrogens with one attached hydrogen (secondary N) is 1. The Bertz CT molecular complexity index is 482. The van der Waals surface area contributed by atoms with Crippen LogP contribution in [0.25, 0.3) is 0 Å². The van der Waals surface area contributed by atoms with E-state index in [9.17, 15) is 9.59 Å². The number of carboxylic acid groups (broad SMARTS) is 1. The molecule has 0 spiro atoms. The molecule has 20 heavy (non-hydrogen) atoms. The summed E-state index contributed by atoms with van der Waals surface area (Å²) in [5, 5.41) is 11.6. The minimum atomic E-state index is -1.05. The molecule has 0 saturated carbocycles. The lowest BCUT2D eigenvalue weighted by atomic mass is 10.1. The number of carboxylic acids is 1. The van der Waals surface area contributed by atoms with Gasteiger partial charge in [-0.15, -0.1) is 6.58 Å². The van der Waals surface area contributed by atoms with Crippen LogP contribution in [-0.2, 0) is 4.79 Å². The Hall–Kier alpha value is -2.30. The Labute approximate surface area is 118 Å². The molecule has 2 N–H and O–H groups in total. The highest BCUT2D eigenvalue weighted by molar-refractivity contribution is 5.80. The number of hydrogen-bond acceptors (Lipinski definition) is 2. The maximum Gasteiger partial charge on any atom is 0.323 e. The van der Waals surface area contributed by atoms with E-state index in [1.807, 2.05) is 38.1 Å². The van der Waals surface area contributed by atoms with Crippen molar-refractivity contribution in [1.29, 1.82) is 0 Å². The summed E-state index contributed by atoms with van der Waals surface area (Å²) < 4.78 is 0. The average Bonchev–Trinajstić information content (AvgIpc) is 2.38. The van der Waals surface area contributed by atoms with Crippen molar-refractivity contribution in [2.24, 2.45) is 0 Å². The maximum absolute atomic E-state index is 12.0. The van der Waals surface area contributed by atoms with Crippen molar-refractivity contribution in [1.82, 2.24) is 10.2 Å². The molecular weight excluding hydrogens is 256 g/mol. The molecule has 0 aliphatic carbocycles. The van der Waals surface area contributed by atoms with Crippen molar-refractivity contribution in [3.63, 3.8) is 0 Å². The van der Waals surface area contributed by atoms with E-state index in [-0.39, 0.29) is 19.1 Å². The number of benzene rings is 1. The zero-order valence-electron chi connectivity index (χ0n) is 11.8. The smallest absolute Gasteiger partial charge is 0.323 e. The number of aryl methyl sites for hydroxylation is 1. The van der Waals surface area contributed by atoms with Gasteiger partial charge in [-0.3, -0.25) is 4.79 Å². The molecule has 0 saturated heterocycles. The van der Waals surface area contributed by atoms with E-state index < -0.39 is 12.0 Å². The van der Waals surface area contributed by atoms with E-state index >= 15 is 0 Å².